The highest BCUT2D eigenvalue weighted by Gasteiger charge is 2.34. The molecular weight excluding hydrogens is 335 g/mol. The number of halogens is 1. The Kier molecular flexibility index (Phi) is 4.66. The number of anilines is 1. The van der Waals surface area contributed by atoms with Crippen LogP contribution >= 0.6 is 0 Å². The average molecular weight is 352 g/mol. The molecule has 0 bridgehead atoms. The zero-order chi connectivity index (χ0) is 17.3. The van der Waals surface area contributed by atoms with Gasteiger partial charge < -0.3 is 10.1 Å². The number of nitrogens with zero attached hydrogens (tertiary/aromatic N) is 1. The molecule has 24 heavy (non-hydrogen) atoms. The van der Waals surface area contributed by atoms with E-state index in [1.807, 2.05) is 0 Å². The van der Waals surface area contributed by atoms with Crippen molar-refractivity contribution in [1.29, 1.82) is 0 Å². The Morgan fingerprint density at radius 3 is 2.92 bits per heavy atom. The van der Waals surface area contributed by atoms with Gasteiger partial charge in [-0.15, -0.1) is 0 Å². The van der Waals surface area contributed by atoms with Gasteiger partial charge in [-0.3, -0.25) is 13.9 Å². The number of rotatable bonds is 4. The van der Waals surface area contributed by atoms with Gasteiger partial charge in [0.25, 0.3) is 0 Å². The van der Waals surface area contributed by atoms with Crippen LogP contribution in [0.25, 0.3) is 5.57 Å². The van der Waals surface area contributed by atoms with Crippen LogP contribution < -0.4 is 10.2 Å². The summed E-state index contributed by atoms with van der Waals surface area (Å²) < 4.78 is 30.9. The quantitative estimate of drug-likeness (QED) is 0.890. The summed E-state index contributed by atoms with van der Waals surface area (Å²) in [5.41, 5.74) is 1.49. The molecule has 0 aliphatic carbocycles. The van der Waals surface area contributed by atoms with Gasteiger partial charge in [0, 0.05) is 41.3 Å². The molecule has 0 aromatic heterocycles. The normalized spacial score (nSPS) is 23.2. The summed E-state index contributed by atoms with van der Waals surface area (Å²) in [6.07, 6.45) is 1.21. The molecule has 8 heteroatoms. The van der Waals surface area contributed by atoms with E-state index in [9.17, 15) is 18.2 Å². The molecule has 1 saturated heterocycles. The lowest BCUT2D eigenvalue weighted by atomic mass is 10.1. The van der Waals surface area contributed by atoms with E-state index in [1.54, 1.807) is 18.2 Å². The van der Waals surface area contributed by atoms with Gasteiger partial charge in [0.15, 0.2) is 0 Å². The molecule has 2 heterocycles. The van der Waals surface area contributed by atoms with Gasteiger partial charge in [0.05, 0.1) is 11.7 Å². The number of hydrogen-bond acceptors (Lipinski definition) is 4. The third-order valence-corrected chi connectivity index (χ3v) is 5.13. The third kappa shape index (κ3) is 3.33. The summed E-state index contributed by atoms with van der Waals surface area (Å²) in [5.74, 6) is 0.0913. The fourth-order valence-corrected chi connectivity index (χ4v) is 3.90. The predicted molar refractivity (Wildman–Crippen MR) is 88.6 cm³/mol. The molecule has 2 unspecified atom stereocenters. The van der Waals surface area contributed by atoms with E-state index < -0.39 is 22.7 Å². The maximum absolute atomic E-state index is 14.5. The number of cyclic esters (lactones) is 1. The van der Waals surface area contributed by atoms with E-state index >= 15 is 0 Å². The fourth-order valence-electron chi connectivity index (χ4n) is 2.78. The van der Waals surface area contributed by atoms with E-state index in [1.165, 1.54) is 17.9 Å². The molecule has 1 N–H and O–H groups in total. The molecule has 1 fully saturated rings. The van der Waals surface area contributed by atoms with E-state index in [0.29, 0.717) is 22.8 Å². The van der Waals surface area contributed by atoms with Crippen LogP contribution in [0.2, 0.25) is 0 Å². The Bertz CT molecular complexity index is 750. The van der Waals surface area contributed by atoms with Crippen LogP contribution in [0.4, 0.5) is 14.9 Å². The zero-order valence-corrected chi connectivity index (χ0v) is 13.9. The van der Waals surface area contributed by atoms with Crippen molar-refractivity contribution in [2.24, 2.45) is 0 Å². The first-order valence-corrected chi connectivity index (χ1v) is 8.99. The van der Waals surface area contributed by atoms with Gasteiger partial charge in [-0.05, 0) is 23.8 Å². The van der Waals surface area contributed by atoms with Gasteiger partial charge in [-0.2, -0.15) is 0 Å². The fraction of sp³-hybridized carbons (Fsp3) is 0.375. The molecular formula is C16H17FN2O4S. The Balaban J connectivity index is 1.83. The van der Waals surface area contributed by atoms with Crippen molar-refractivity contribution in [2.75, 3.05) is 29.6 Å². The van der Waals surface area contributed by atoms with Gasteiger partial charge in [-0.1, -0.05) is 6.08 Å². The Morgan fingerprint density at radius 2 is 2.29 bits per heavy atom. The average Bonchev–Trinajstić information content (AvgIpc) is 3.11. The smallest absolute Gasteiger partial charge is 0.414 e. The van der Waals surface area contributed by atoms with E-state index in [-0.39, 0.29) is 25.1 Å². The molecule has 128 valence electrons. The van der Waals surface area contributed by atoms with Crippen LogP contribution in [0.5, 0.6) is 0 Å². The molecule has 2 aliphatic heterocycles. The maximum Gasteiger partial charge on any atom is 0.414 e. The van der Waals surface area contributed by atoms with Crippen molar-refractivity contribution >= 4 is 34.1 Å². The molecule has 0 radical (unpaired) electrons. The molecule has 2 amide bonds. The lowest BCUT2D eigenvalue weighted by Crippen LogP contribution is -2.42. The van der Waals surface area contributed by atoms with Crippen LogP contribution in [0.15, 0.2) is 24.3 Å². The largest absolute Gasteiger partial charge is 0.447 e. The summed E-state index contributed by atoms with van der Waals surface area (Å²) in [4.78, 5) is 24.3. The van der Waals surface area contributed by atoms with Gasteiger partial charge >= 0.3 is 6.09 Å². The molecule has 1 aromatic carbocycles. The number of amides is 2. The van der Waals surface area contributed by atoms with Crippen molar-refractivity contribution < 1.29 is 22.9 Å². The first-order valence-electron chi connectivity index (χ1n) is 7.50. The molecule has 0 saturated carbocycles. The second kappa shape index (κ2) is 6.72. The van der Waals surface area contributed by atoms with E-state index in [4.69, 9.17) is 4.74 Å². The van der Waals surface area contributed by atoms with Crippen molar-refractivity contribution in [2.45, 2.75) is 13.0 Å². The number of carbonyl (C=O) groups excluding carboxylic acids is 2. The van der Waals surface area contributed by atoms with Crippen LogP contribution in [0, 0.1) is 5.82 Å². The number of benzene rings is 1. The standard InChI is InChI=1S/C16H17FN2O4S/c1-10(20)18-7-13-8-23-16(21)19(13)12-2-3-14(15(17)6-12)11-4-5-24(22)9-11/h2-4,6,13H,5,7-9H2,1H3,(H,18,20). The summed E-state index contributed by atoms with van der Waals surface area (Å²) in [5, 5.41) is 2.63. The van der Waals surface area contributed by atoms with Gasteiger partial charge in [-0.25, -0.2) is 9.18 Å². The summed E-state index contributed by atoms with van der Waals surface area (Å²) >= 11 is 0. The lowest BCUT2D eigenvalue weighted by Gasteiger charge is -2.22. The van der Waals surface area contributed by atoms with E-state index in [2.05, 4.69) is 5.32 Å². The first-order chi connectivity index (χ1) is 11.5. The number of hydrogen-bond donors (Lipinski definition) is 1. The van der Waals surface area contributed by atoms with Crippen LogP contribution in [-0.4, -0.2) is 46.9 Å². The van der Waals surface area contributed by atoms with Crippen LogP contribution in [-0.2, 0) is 20.3 Å². The first kappa shape index (κ1) is 16.6. The minimum Gasteiger partial charge on any atom is -0.447 e. The molecule has 2 aliphatic rings. The number of nitrogens with one attached hydrogen (secondary N) is 1. The lowest BCUT2D eigenvalue weighted by molar-refractivity contribution is -0.119. The van der Waals surface area contributed by atoms with Crippen molar-refractivity contribution in [3.05, 3.63) is 35.7 Å². The summed E-state index contributed by atoms with van der Waals surface area (Å²) in [6, 6.07) is 4.10. The molecule has 2 atom stereocenters. The summed E-state index contributed by atoms with van der Waals surface area (Å²) in [7, 11) is -0.972. The third-order valence-electron chi connectivity index (χ3n) is 3.96. The predicted octanol–water partition coefficient (Wildman–Crippen LogP) is 1.43. The monoisotopic (exact) mass is 352 g/mol. The zero-order valence-electron chi connectivity index (χ0n) is 13.1. The minimum absolute atomic E-state index is 0.132. The Labute approximate surface area is 141 Å². The Hall–Kier alpha value is -2.22. The maximum atomic E-state index is 14.5. The highest BCUT2D eigenvalue weighted by atomic mass is 32.2. The number of carbonyl (C=O) groups is 2. The topological polar surface area (TPSA) is 75.7 Å². The van der Waals surface area contributed by atoms with Crippen molar-refractivity contribution in [3.8, 4) is 0 Å². The second-order valence-corrected chi connectivity index (χ2v) is 7.18. The molecule has 1 aromatic rings. The van der Waals surface area contributed by atoms with Crippen LogP contribution in [0.3, 0.4) is 0 Å². The second-order valence-electron chi connectivity index (χ2n) is 5.68. The van der Waals surface area contributed by atoms with Crippen LogP contribution in [0.1, 0.15) is 12.5 Å². The molecule has 3 rings (SSSR count). The molecule has 6 nitrogen and oxygen atoms in total. The van der Waals surface area contributed by atoms with Crippen molar-refractivity contribution in [1.82, 2.24) is 5.32 Å². The van der Waals surface area contributed by atoms with Gasteiger partial charge in [0.1, 0.15) is 12.4 Å². The van der Waals surface area contributed by atoms with Crippen molar-refractivity contribution in [3.63, 3.8) is 0 Å². The van der Waals surface area contributed by atoms with Gasteiger partial charge in [0.2, 0.25) is 5.91 Å². The number of ether oxygens (including phenoxy) is 1. The summed E-state index contributed by atoms with van der Waals surface area (Å²) in [6.45, 7) is 1.75. The minimum atomic E-state index is -0.972. The molecule has 0 spiro atoms. The Morgan fingerprint density at radius 1 is 1.50 bits per heavy atom. The SMILES string of the molecule is CC(=O)NCC1COC(=O)N1c1ccc(C2=CCS(=O)C2)c(F)c1. The van der Waals surface area contributed by atoms with E-state index in [0.717, 1.165) is 5.57 Å². The highest BCUT2D eigenvalue weighted by Crippen LogP contribution is 2.29. The highest BCUT2D eigenvalue weighted by molar-refractivity contribution is 7.86.